The van der Waals surface area contributed by atoms with Gasteiger partial charge in [0.2, 0.25) is 10.0 Å². The van der Waals surface area contributed by atoms with Crippen LogP contribution in [0.5, 0.6) is 0 Å². The van der Waals surface area contributed by atoms with E-state index in [2.05, 4.69) is 10.3 Å². The minimum Gasteiger partial charge on any atom is -0.379 e. The van der Waals surface area contributed by atoms with E-state index < -0.39 is 10.0 Å². The van der Waals surface area contributed by atoms with Crippen LogP contribution in [0.3, 0.4) is 0 Å². The zero-order valence-electron chi connectivity index (χ0n) is 17.5. The van der Waals surface area contributed by atoms with Crippen molar-refractivity contribution in [2.24, 2.45) is 0 Å². The van der Waals surface area contributed by atoms with Crippen LogP contribution in [-0.4, -0.2) is 56.5 Å². The molecule has 164 valence electrons. The van der Waals surface area contributed by atoms with E-state index in [1.807, 2.05) is 19.2 Å². The maximum Gasteiger partial charge on any atom is 0.251 e. The van der Waals surface area contributed by atoms with E-state index in [0.29, 0.717) is 44.8 Å². The third-order valence-corrected chi connectivity index (χ3v) is 8.07. The van der Waals surface area contributed by atoms with Gasteiger partial charge < -0.3 is 10.1 Å². The predicted octanol–water partition coefficient (Wildman–Crippen LogP) is 2.79. The van der Waals surface area contributed by atoms with Crippen molar-refractivity contribution in [3.05, 3.63) is 45.4 Å². The summed E-state index contributed by atoms with van der Waals surface area (Å²) >= 11 is 1.66. The molecule has 0 unspecified atom stereocenters. The lowest BCUT2D eigenvalue weighted by molar-refractivity contribution is 0.0730. The van der Waals surface area contributed by atoms with Crippen molar-refractivity contribution in [3.63, 3.8) is 0 Å². The zero-order valence-corrected chi connectivity index (χ0v) is 19.2. The second-order valence-electron chi connectivity index (χ2n) is 7.29. The molecule has 0 radical (unpaired) electrons. The van der Waals surface area contributed by atoms with E-state index >= 15 is 0 Å². The molecule has 1 fully saturated rings. The van der Waals surface area contributed by atoms with Gasteiger partial charge in [0.25, 0.3) is 5.91 Å². The lowest BCUT2D eigenvalue weighted by atomic mass is 10.1. The first-order valence-electron chi connectivity index (χ1n) is 10.3. The van der Waals surface area contributed by atoms with Gasteiger partial charge in [0.15, 0.2) is 0 Å². The lowest BCUT2D eigenvalue weighted by Crippen LogP contribution is -2.41. The van der Waals surface area contributed by atoms with Crippen molar-refractivity contribution in [3.8, 4) is 0 Å². The van der Waals surface area contributed by atoms with E-state index in [0.717, 1.165) is 35.5 Å². The standard InChI is InChI=1S/C21H29N3O4S2/c1-3-17-7-8-18(14-19(17)30(26,27)24-10-12-28-13-11-24)21(25)22-9-5-4-6-20-23-16(2)15-29-20/h7-8,14-15H,3-6,9-13H2,1-2H3,(H,22,25). The number of ether oxygens (including phenoxy) is 1. The van der Waals surface area contributed by atoms with Crippen LogP contribution in [0.2, 0.25) is 0 Å². The SMILES string of the molecule is CCc1ccc(C(=O)NCCCCc2nc(C)cs2)cc1S(=O)(=O)N1CCOCC1. The summed E-state index contributed by atoms with van der Waals surface area (Å²) in [6.07, 6.45) is 3.27. The Kier molecular flexibility index (Phi) is 7.99. The molecule has 1 aromatic heterocycles. The number of hydrogen-bond acceptors (Lipinski definition) is 6. The second-order valence-corrected chi connectivity index (χ2v) is 10.1. The summed E-state index contributed by atoms with van der Waals surface area (Å²) in [4.78, 5) is 17.2. The van der Waals surface area contributed by atoms with E-state index in [1.54, 1.807) is 23.5 Å². The van der Waals surface area contributed by atoms with Gasteiger partial charge in [-0.2, -0.15) is 4.31 Å². The molecule has 1 amide bonds. The van der Waals surface area contributed by atoms with Crippen LogP contribution in [0.25, 0.3) is 0 Å². The number of unbranched alkanes of at least 4 members (excludes halogenated alkanes) is 1. The number of carbonyl (C=O) groups excluding carboxylic acids is 1. The molecule has 0 atom stereocenters. The van der Waals surface area contributed by atoms with E-state index in [4.69, 9.17) is 4.74 Å². The highest BCUT2D eigenvalue weighted by molar-refractivity contribution is 7.89. The molecule has 0 spiro atoms. The zero-order chi connectivity index (χ0) is 21.6. The molecule has 30 heavy (non-hydrogen) atoms. The van der Waals surface area contributed by atoms with Gasteiger partial charge in [-0.1, -0.05) is 13.0 Å². The van der Waals surface area contributed by atoms with Gasteiger partial charge in [0, 0.05) is 36.3 Å². The molecule has 1 saturated heterocycles. The quantitative estimate of drug-likeness (QED) is 0.592. The fourth-order valence-electron chi connectivity index (χ4n) is 3.38. The highest BCUT2D eigenvalue weighted by Crippen LogP contribution is 2.23. The number of sulfonamides is 1. The Labute approximate surface area is 182 Å². The summed E-state index contributed by atoms with van der Waals surface area (Å²) in [6.45, 7) is 5.89. The topological polar surface area (TPSA) is 88.6 Å². The molecule has 1 N–H and O–H groups in total. The summed E-state index contributed by atoms with van der Waals surface area (Å²) in [5, 5.41) is 6.06. The molecule has 0 aliphatic carbocycles. The maximum atomic E-state index is 13.1. The first kappa shape index (κ1) is 22.9. The molecule has 3 rings (SSSR count). The van der Waals surface area contributed by atoms with Crippen molar-refractivity contribution in [1.29, 1.82) is 0 Å². The summed E-state index contributed by atoms with van der Waals surface area (Å²) in [6, 6.07) is 4.95. The fraction of sp³-hybridized carbons (Fsp3) is 0.524. The molecular weight excluding hydrogens is 422 g/mol. The van der Waals surface area contributed by atoms with Crippen molar-refractivity contribution >= 4 is 27.3 Å². The summed E-state index contributed by atoms with van der Waals surface area (Å²) < 4.78 is 32.9. The summed E-state index contributed by atoms with van der Waals surface area (Å²) in [7, 11) is -3.65. The molecule has 2 aromatic rings. The van der Waals surface area contributed by atoms with Crippen LogP contribution < -0.4 is 5.32 Å². The Morgan fingerprint density at radius 3 is 2.70 bits per heavy atom. The summed E-state index contributed by atoms with van der Waals surface area (Å²) in [5.74, 6) is -0.249. The Bertz CT molecular complexity index is 966. The number of nitrogens with one attached hydrogen (secondary N) is 1. The first-order chi connectivity index (χ1) is 14.4. The number of morpholine rings is 1. The summed E-state index contributed by atoms with van der Waals surface area (Å²) in [5.41, 5.74) is 2.13. The first-order valence-corrected chi connectivity index (χ1v) is 12.6. The van der Waals surface area contributed by atoms with Gasteiger partial charge in [0.05, 0.1) is 23.1 Å². The molecule has 2 heterocycles. The molecule has 9 heteroatoms. The van der Waals surface area contributed by atoms with Crippen LogP contribution in [0.1, 0.15) is 46.4 Å². The van der Waals surface area contributed by atoms with Crippen molar-refractivity contribution in [2.75, 3.05) is 32.8 Å². The highest BCUT2D eigenvalue weighted by Gasteiger charge is 2.29. The van der Waals surface area contributed by atoms with Crippen molar-refractivity contribution in [2.45, 2.75) is 44.4 Å². The number of rotatable bonds is 9. The average molecular weight is 452 g/mol. The molecule has 1 aromatic carbocycles. The molecular formula is C21H29N3O4S2. The van der Waals surface area contributed by atoms with Crippen LogP contribution in [0, 0.1) is 6.92 Å². The Morgan fingerprint density at radius 1 is 1.27 bits per heavy atom. The lowest BCUT2D eigenvalue weighted by Gasteiger charge is -2.27. The minimum atomic E-state index is -3.65. The smallest absolute Gasteiger partial charge is 0.251 e. The predicted molar refractivity (Wildman–Crippen MR) is 118 cm³/mol. The highest BCUT2D eigenvalue weighted by atomic mass is 32.2. The number of amides is 1. The largest absolute Gasteiger partial charge is 0.379 e. The normalized spacial score (nSPS) is 15.3. The fourth-order valence-corrected chi connectivity index (χ4v) is 5.92. The van der Waals surface area contributed by atoms with E-state index in [9.17, 15) is 13.2 Å². The van der Waals surface area contributed by atoms with Crippen LogP contribution >= 0.6 is 11.3 Å². The van der Waals surface area contributed by atoms with Crippen molar-refractivity contribution < 1.29 is 17.9 Å². The maximum absolute atomic E-state index is 13.1. The Morgan fingerprint density at radius 2 is 2.03 bits per heavy atom. The van der Waals surface area contributed by atoms with E-state index in [1.165, 1.54) is 10.4 Å². The van der Waals surface area contributed by atoms with Gasteiger partial charge >= 0.3 is 0 Å². The van der Waals surface area contributed by atoms with Crippen LogP contribution in [-0.2, 0) is 27.6 Å². The second kappa shape index (κ2) is 10.5. The number of carbonyl (C=O) groups is 1. The van der Waals surface area contributed by atoms with Gasteiger partial charge in [-0.25, -0.2) is 13.4 Å². The number of nitrogens with zero attached hydrogens (tertiary/aromatic N) is 2. The Balaban J connectivity index is 1.61. The van der Waals surface area contributed by atoms with Gasteiger partial charge in [0.1, 0.15) is 0 Å². The minimum absolute atomic E-state index is 0.221. The van der Waals surface area contributed by atoms with Crippen LogP contribution in [0.15, 0.2) is 28.5 Å². The molecule has 0 saturated carbocycles. The number of benzene rings is 1. The number of aromatic nitrogens is 1. The average Bonchev–Trinajstić information content (AvgIpc) is 3.18. The van der Waals surface area contributed by atoms with Crippen LogP contribution in [0.4, 0.5) is 0 Å². The molecule has 7 nitrogen and oxygen atoms in total. The molecule has 1 aliphatic heterocycles. The van der Waals surface area contributed by atoms with Gasteiger partial charge in [-0.15, -0.1) is 11.3 Å². The molecule has 0 bridgehead atoms. The third-order valence-electron chi connectivity index (χ3n) is 5.07. The Hall–Kier alpha value is -1.81. The number of hydrogen-bond donors (Lipinski definition) is 1. The van der Waals surface area contributed by atoms with Gasteiger partial charge in [-0.05, 0) is 50.3 Å². The number of thiazole rings is 1. The van der Waals surface area contributed by atoms with E-state index in [-0.39, 0.29) is 10.8 Å². The van der Waals surface area contributed by atoms with Gasteiger partial charge in [-0.3, -0.25) is 4.79 Å². The molecule has 1 aliphatic rings. The monoisotopic (exact) mass is 451 g/mol. The third kappa shape index (κ3) is 5.66. The van der Waals surface area contributed by atoms with Crippen molar-refractivity contribution in [1.82, 2.24) is 14.6 Å². The number of aryl methyl sites for hydroxylation is 3.